The van der Waals surface area contributed by atoms with Gasteiger partial charge < -0.3 is 9.80 Å². The summed E-state index contributed by atoms with van der Waals surface area (Å²) < 4.78 is 0. The number of hydrogen-bond acceptors (Lipinski definition) is 4. The maximum absolute atomic E-state index is 14.0. The Morgan fingerprint density at radius 1 is 1.16 bits per heavy atom. The summed E-state index contributed by atoms with van der Waals surface area (Å²) in [5.74, 6) is 0.859. The predicted octanol–water partition coefficient (Wildman–Crippen LogP) is 3.53. The minimum absolute atomic E-state index is 0.274. The van der Waals surface area contributed by atoms with E-state index in [2.05, 4.69) is 64.0 Å². The first-order chi connectivity index (χ1) is 15.5. The van der Waals surface area contributed by atoms with Crippen molar-refractivity contribution in [1.82, 2.24) is 24.9 Å². The molecular weight excluding hydrogens is 398 g/mol. The van der Waals surface area contributed by atoms with Crippen LogP contribution < -0.4 is 0 Å². The number of nitrogens with one attached hydrogen (secondary N) is 1. The third kappa shape index (κ3) is 2.85. The Labute approximate surface area is 191 Å². The monoisotopic (exact) mass is 433 g/mol. The fourth-order valence-corrected chi connectivity index (χ4v) is 7.21. The molecule has 32 heavy (non-hydrogen) atoms. The van der Waals surface area contributed by atoms with Crippen molar-refractivity contribution >= 4 is 5.91 Å². The predicted molar refractivity (Wildman–Crippen MR) is 125 cm³/mol. The van der Waals surface area contributed by atoms with Gasteiger partial charge >= 0.3 is 0 Å². The van der Waals surface area contributed by atoms with Gasteiger partial charge in [0.2, 0.25) is 5.91 Å². The van der Waals surface area contributed by atoms with Crippen molar-refractivity contribution < 1.29 is 4.79 Å². The largest absolute Gasteiger partial charge is 0.338 e. The van der Waals surface area contributed by atoms with Gasteiger partial charge in [0, 0.05) is 35.7 Å². The summed E-state index contributed by atoms with van der Waals surface area (Å²) in [5, 5.41) is 7.79. The number of H-pyrrole nitrogens is 1. The van der Waals surface area contributed by atoms with Crippen LogP contribution in [0.25, 0.3) is 11.3 Å². The third-order valence-corrected chi connectivity index (χ3v) is 8.90. The molecule has 4 saturated heterocycles. The molecule has 1 spiro atoms. The molecule has 1 amide bonds. The smallest absolute Gasteiger partial charge is 0.243 e. The van der Waals surface area contributed by atoms with Crippen LogP contribution in [0.5, 0.6) is 0 Å². The number of piperidine rings is 1. The average Bonchev–Trinajstić information content (AvgIpc) is 3.53. The van der Waals surface area contributed by atoms with Crippen molar-refractivity contribution in [1.29, 1.82) is 0 Å². The van der Waals surface area contributed by atoms with E-state index in [0.717, 1.165) is 64.0 Å². The maximum Gasteiger partial charge on any atom is 0.243 e. The fraction of sp³-hybridized carbons (Fsp3) is 0.615. The number of nitrogens with zero attached hydrogens (tertiary/aromatic N) is 4. The minimum Gasteiger partial charge on any atom is -0.338 e. The van der Waals surface area contributed by atoms with Crippen LogP contribution in [0.4, 0.5) is 0 Å². The Kier molecular flexibility index (Phi) is 4.74. The molecule has 5 heterocycles. The van der Waals surface area contributed by atoms with E-state index >= 15 is 0 Å². The Morgan fingerprint density at radius 2 is 1.97 bits per heavy atom. The summed E-state index contributed by atoms with van der Waals surface area (Å²) in [6.07, 6.45) is 7.46. The lowest BCUT2D eigenvalue weighted by atomic mass is 9.85. The van der Waals surface area contributed by atoms with Gasteiger partial charge in [0.25, 0.3) is 0 Å². The van der Waals surface area contributed by atoms with Crippen molar-refractivity contribution in [3.05, 3.63) is 41.1 Å². The summed E-state index contributed by atoms with van der Waals surface area (Å²) in [7, 11) is 2.19. The summed E-state index contributed by atoms with van der Waals surface area (Å²) >= 11 is 0. The van der Waals surface area contributed by atoms with E-state index in [1.165, 1.54) is 22.3 Å². The highest BCUT2D eigenvalue weighted by atomic mass is 16.2. The lowest BCUT2D eigenvalue weighted by molar-refractivity contribution is -0.139. The molecule has 0 radical (unpaired) electrons. The number of aromatic nitrogens is 2. The molecule has 0 aliphatic carbocycles. The van der Waals surface area contributed by atoms with Gasteiger partial charge in [-0.1, -0.05) is 17.7 Å². The number of benzene rings is 1. The molecule has 6 rings (SSSR count). The van der Waals surface area contributed by atoms with Gasteiger partial charge in [0.05, 0.1) is 11.9 Å². The SMILES string of the molecule is Cc1ccc(C)c(-c2[nH]ncc2[C@@H]2C[C@H]3CN(C4CCN(C)CC4)C(=O)[C@]34CCCN24)c1. The van der Waals surface area contributed by atoms with E-state index in [1.807, 2.05) is 6.20 Å². The molecule has 0 saturated carbocycles. The van der Waals surface area contributed by atoms with Crippen LogP contribution in [0.1, 0.15) is 54.8 Å². The number of carbonyl (C=O) groups excluding carboxylic acids is 1. The molecule has 1 aromatic heterocycles. The quantitative estimate of drug-likeness (QED) is 0.805. The number of likely N-dealkylation sites (tertiary alicyclic amines) is 2. The van der Waals surface area contributed by atoms with Gasteiger partial charge in [-0.15, -0.1) is 0 Å². The molecule has 4 aliphatic rings. The van der Waals surface area contributed by atoms with E-state index in [9.17, 15) is 4.79 Å². The number of aryl methyl sites for hydroxylation is 2. The van der Waals surface area contributed by atoms with Gasteiger partial charge in [-0.25, -0.2) is 0 Å². The van der Waals surface area contributed by atoms with Crippen LogP contribution in [-0.4, -0.2) is 75.6 Å². The second-order valence-corrected chi connectivity index (χ2v) is 10.7. The highest BCUT2D eigenvalue weighted by molar-refractivity contribution is 5.90. The van der Waals surface area contributed by atoms with E-state index in [4.69, 9.17) is 0 Å². The molecule has 4 fully saturated rings. The molecule has 2 aromatic rings. The normalized spacial score (nSPS) is 31.5. The molecular formula is C26H35N5O. The molecule has 3 atom stereocenters. The summed E-state index contributed by atoms with van der Waals surface area (Å²) in [5.41, 5.74) is 5.90. The van der Waals surface area contributed by atoms with Gasteiger partial charge in [0.15, 0.2) is 0 Å². The van der Waals surface area contributed by atoms with Crippen LogP contribution in [0.2, 0.25) is 0 Å². The Bertz CT molecular complexity index is 1040. The topological polar surface area (TPSA) is 55.5 Å². The zero-order valence-electron chi connectivity index (χ0n) is 19.6. The first-order valence-electron chi connectivity index (χ1n) is 12.4. The molecule has 6 heteroatoms. The van der Waals surface area contributed by atoms with Crippen molar-refractivity contribution in [2.75, 3.05) is 33.2 Å². The van der Waals surface area contributed by atoms with Crippen LogP contribution in [0.3, 0.4) is 0 Å². The second-order valence-electron chi connectivity index (χ2n) is 10.7. The lowest BCUT2D eigenvalue weighted by Crippen LogP contribution is -2.52. The number of carbonyl (C=O) groups is 1. The first-order valence-corrected chi connectivity index (χ1v) is 12.4. The first kappa shape index (κ1) is 20.4. The van der Waals surface area contributed by atoms with E-state index < -0.39 is 0 Å². The maximum atomic E-state index is 14.0. The van der Waals surface area contributed by atoms with Gasteiger partial charge in [-0.2, -0.15) is 5.10 Å². The third-order valence-electron chi connectivity index (χ3n) is 8.90. The highest BCUT2D eigenvalue weighted by Gasteiger charge is 2.66. The van der Waals surface area contributed by atoms with E-state index in [-0.39, 0.29) is 11.6 Å². The van der Waals surface area contributed by atoms with Gasteiger partial charge in [-0.3, -0.25) is 14.8 Å². The zero-order valence-corrected chi connectivity index (χ0v) is 19.6. The molecule has 4 aliphatic heterocycles. The van der Waals surface area contributed by atoms with Crippen LogP contribution >= 0.6 is 0 Å². The number of hydrogen-bond donors (Lipinski definition) is 1. The van der Waals surface area contributed by atoms with E-state index in [0.29, 0.717) is 17.9 Å². The lowest BCUT2D eigenvalue weighted by Gasteiger charge is -2.38. The van der Waals surface area contributed by atoms with Crippen LogP contribution in [0, 0.1) is 19.8 Å². The summed E-state index contributed by atoms with van der Waals surface area (Å²) in [6.45, 7) is 8.48. The number of amides is 1. The van der Waals surface area contributed by atoms with Gasteiger partial charge in [-0.05, 0) is 84.3 Å². The molecule has 170 valence electrons. The van der Waals surface area contributed by atoms with Crippen molar-refractivity contribution in [3.8, 4) is 11.3 Å². The van der Waals surface area contributed by atoms with Crippen molar-refractivity contribution in [2.24, 2.45) is 5.92 Å². The van der Waals surface area contributed by atoms with Crippen LogP contribution in [-0.2, 0) is 4.79 Å². The Balaban J connectivity index is 1.32. The molecule has 6 nitrogen and oxygen atoms in total. The Hall–Kier alpha value is -2.18. The fourth-order valence-electron chi connectivity index (χ4n) is 7.21. The van der Waals surface area contributed by atoms with Gasteiger partial charge in [0.1, 0.15) is 5.54 Å². The molecule has 1 aromatic carbocycles. The molecule has 0 bridgehead atoms. The summed E-state index contributed by atoms with van der Waals surface area (Å²) in [6, 6.07) is 7.33. The minimum atomic E-state index is -0.274. The average molecular weight is 434 g/mol. The number of aromatic amines is 1. The summed E-state index contributed by atoms with van der Waals surface area (Å²) in [4.78, 5) is 21.2. The second kappa shape index (κ2) is 7.42. The Morgan fingerprint density at radius 3 is 2.78 bits per heavy atom. The van der Waals surface area contributed by atoms with Crippen molar-refractivity contribution in [3.63, 3.8) is 0 Å². The molecule has 1 N–H and O–H groups in total. The zero-order chi connectivity index (χ0) is 22.0. The molecule has 0 unspecified atom stereocenters. The number of rotatable bonds is 3. The standard InChI is InChI=1S/C26H35N5O/c1-17-5-6-18(2)21(13-17)24-22(15-27-28-24)23-14-19-16-30(20-7-11-29(3)12-8-20)25(32)26(19)9-4-10-31(23)26/h5-6,13,15,19-20,23H,4,7-12,14,16H2,1-3H3,(H,27,28)/t19-,23-,26-/m0/s1. The van der Waals surface area contributed by atoms with Crippen molar-refractivity contribution in [2.45, 2.75) is 63.6 Å². The van der Waals surface area contributed by atoms with E-state index in [1.54, 1.807) is 0 Å². The van der Waals surface area contributed by atoms with Crippen LogP contribution in [0.15, 0.2) is 24.4 Å². The highest BCUT2D eigenvalue weighted by Crippen LogP contribution is 2.57.